The normalized spacial score (nSPS) is 10.7. The molecule has 2 rings (SSSR count). The lowest BCUT2D eigenvalue weighted by Crippen LogP contribution is -2.30. The quantitative estimate of drug-likeness (QED) is 0.468. The largest absolute Gasteiger partial charge is 0.328 e. The molecule has 2 heterocycles. The Kier molecular flexibility index (Phi) is 3.30. The molecule has 0 aliphatic heterocycles. The lowest BCUT2D eigenvalue weighted by molar-refractivity contribution is 0.0910. The van der Waals surface area contributed by atoms with E-state index < -0.39 is 5.91 Å². The first-order valence-corrected chi connectivity index (χ1v) is 5.43. The maximum absolute atomic E-state index is 11.1. The summed E-state index contributed by atoms with van der Waals surface area (Å²) in [6, 6.07) is 0. The Labute approximate surface area is 107 Å². The summed E-state index contributed by atoms with van der Waals surface area (Å²) in [5.74, 6) is 4.43. The predicted octanol–water partition coefficient (Wildman–Crippen LogP) is 0.188. The molecule has 2 aromatic heterocycles. The van der Waals surface area contributed by atoms with Crippen molar-refractivity contribution in [3.63, 3.8) is 0 Å². The average Bonchev–Trinajstić information content (AvgIpc) is 2.91. The van der Waals surface area contributed by atoms with Crippen molar-refractivity contribution in [2.75, 3.05) is 0 Å². The number of carbonyl (C=O) groups excluding carboxylic acids is 1. The van der Waals surface area contributed by atoms with Crippen molar-refractivity contribution in [2.45, 2.75) is 20.4 Å². The maximum Gasteiger partial charge on any atom is 0.323 e. The van der Waals surface area contributed by atoms with Crippen molar-refractivity contribution < 1.29 is 9.32 Å². The van der Waals surface area contributed by atoms with Gasteiger partial charge in [-0.05, 0) is 13.8 Å². The van der Waals surface area contributed by atoms with Crippen LogP contribution in [-0.4, -0.2) is 25.8 Å². The van der Waals surface area contributed by atoms with E-state index in [1.165, 1.54) is 0 Å². The second kappa shape index (κ2) is 4.75. The van der Waals surface area contributed by atoms with Gasteiger partial charge >= 0.3 is 11.8 Å². The van der Waals surface area contributed by atoms with Crippen LogP contribution in [0.2, 0.25) is 5.02 Å². The van der Waals surface area contributed by atoms with Crippen molar-refractivity contribution in [2.24, 2.45) is 5.84 Å². The van der Waals surface area contributed by atoms with Crippen LogP contribution in [0.15, 0.2) is 4.52 Å². The van der Waals surface area contributed by atoms with Crippen LogP contribution in [0.25, 0.3) is 0 Å². The molecule has 0 fully saturated rings. The first-order chi connectivity index (χ1) is 8.52. The van der Waals surface area contributed by atoms with Crippen LogP contribution in [0.5, 0.6) is 0 Å². The summed E-state index contributed by atoms with van der Waals surface area (Å²) in [7, 11) is 0. The molecule has 18 heavy (non-hydrogen) atoms. The van der Waals surface area contributed by atoms with E-state index in [1.807, 2.05) is 12.3 Å². The highest BCUT2D eigenvalue weighted by Gasteiger charge is 2.16. The number of hydrazine groups is 1. The fraction of sp³-hybridized carbons (Fsp3) is 0.333. The molecule has 2 aromatic rings. The SMILES string of the molecule is Cc1nn(Cc2noc(C(=O)NN)n2)c(C)c1Cl. The number of nitrogens with zero attached hydrogens (tertiary/aromatic N) is 4. The zero-order valence-corrected chi connectivity index (χ0v) is 10.5. The fourth-order valence-corrected chi connectivity index (χ4v) is 1.57. The first kappa shape index (κ1) is 12.5. The second-order valence-corrected chi connectivity index (χ2v) is 4.01. The number of nitrogen functional groups attached to an aromatic ring is 1. The van der Waals surface area contributed by atoms with Crippen LogP contribution in [0.4, 0.5) is 0 Å². The van der Waals surface area contributed by atoms with Crippen LogP contribution in [-0.2, 0) is 6.54 Å². The van der Waals surface area contributed by atoms with Crippen LogP contribution < -0.4 is 11.3 Å². The molecule has 0 bridgehead atoms. The molecule has 9 heteroatoms. The molecule has 0 saturated heterocycles. The zero-order chi connectivity index (χ0) is 13.3. The summed E-state index contributed by atoms with van der Waals surface area (Å²) >= 11 is 6.01. The number of amides is 1. The van der Waals surface area contributed by atoms with E-state index in [1.54, 1.807) is 11.6 Å². The third-order valence-corrected chi connectivity index (χ3v) is 2.92. The first-order valence-electron chi connectivity index (χ1n) is 5.06. The Hall–Kier alpha value is -1.93. The molecule has 0 saturated carbocycles. The number of halogens is 1. The van der Waals surface area contributed by atoms with Gasteiger partial charge in [0.25, 0.3) is 0 Å². The van der Waals surface area contributed by atoms with Gasteiger partial charge in [0.15, 0.2) is 5.82 Å². The van der Waals surface area contributed by atoms with Crippen molar-refractivity contribution in [1.29, 1.82) is 0 Å². The number of hydrogen-bond acceptors (Lipinski definition) is 6. The third kappa shape index (κ3) is 2.20. The molecule has 0 aromatic carbocycles. The standard InChI is InChI=1S/C9H11ClN6O2/c1-4-7(10)5(2)16(14-4)3-6-12-9(18-15-6)8(17)13-11/h3,11H2,1-2H3,(H,13,17). The van der Waals surface area contributed by atoms with Crippen LogP contribution in [0, 0.1) is 13.8 Å². The number of nitrogens with two attached hydrogens (primary N) is 1. The molecule has 0 radical (unpaired) electrons. The van der Waals surface area contributed by atoms with Crippen LogP contribution in [0.3, 0.4) is 0 Å². The van der Waals surface area contributed by atoms with Gasteiger partial charge < -0.3 is 4.52 Å². The van der Waals surface area contributed by atoms with Gasteiger partial charge in [-0.25, -0.2) is 5.84 Å². The minimum absolute atomic E-state index is 0.194. The topological polar surface area (TPSA) is 112 Å². The third-order valence-electron chi connectivity index (χ3n) is 2.38. The number of aryl methyl sites for hydroxylation is 1. The molecule has 0 aliphatic carbocycles. The molecular formula is C9H11ClN6O2. The lowest BCUT2D eigenvalue weighted by Gasteiger charge is -1.98. The second-order valence-electron chi connectivity index (χ2n) is 3.63. The predicted molar refractivity (Wildman–Crippen MR) is 61.8 cm³/mol. The van der Waals surface area contributed by atoms with E-state index in [0.717, 1.165) is 11.4 Å². The zero-order valence-electron chi connectivity index (χ0n) is 9.77. The minimum atomic E-state index is -0.639. The van der Waals surface area contributed by atoms with Crippen molar-refractivity contribution in [3.05, 3.63) is 28.1 Å². The van der Waals surface area contributed by atoms with E-state index >= 15 is 0 Å². The van der Waals surface area contributed by atoms with Crippen LogP contribution in [0.1, 0.15) is 27.9 Å². The summed E-state index contributed by atoms with van der Waals surface area (Å²) in [6.45, 7) is 3.89. The summed E-state index contributed by atoms with van der Waals surface area (Å²) in [6.07, 6.45) is 0. The van der Waals surface area contributed by atoms with Crippen molar-refractivity contribution in [3.8, 4) is 0 Å². The number of rotatable bonds is 3. The minimum Gasteiger partial charge on any atom is -0.328 e. The summed E-state index contributed by atoms with van der Waals surface area (Å²) in [5.41, 5.74) is 3.42. The van der Waals surface area contributed by atoms with Gasteiger partial charge in [-0.3, -0.25) is 14.9 Å². The van der Waals surface area contributed by atoms with Gasteiger partial charge in [0.2, 0.25) is 0 Å². The highest BCUT2D eigenvalue weighted by molar-refractivity contribution is 6.31. The summed E-state index contributed by atoms with van der Waals surface area (Å²) < 4.78 is 6.37. The maximum atomic E-state index is 11.1. The Balaban J connectivity index is 2.21. The molecule has 0 atom stereocenters. The average molecular weight is 271 g/mol. The van der Waals surface area contributed by atoms with Crippen molar-refractivity contribution in [1.82, 2.24) is 25.3 Å². The Morgan fingerprint density at radius 3 is 2.83 bits per heavy atom. The Morgan fingerprint density at radius 2 is 2.28 bits per heavy atom. The molecule has 0 aliphatic rings. The lowest BCUT2D eigenvalue weighted by atomic mass is 10.4. The monoisotopic (exact) mass is 270 g/mol. The summed E-state index contributed by atoms with van der Waals surface area (Å²) in [4.78, 5) is 15.0. The number of hydrogen-bond donors (Lipinski definition) is 2. The van der Waals surface area contributed by atoms with Gasteiger partial charge in [0.05, 0.1) is 16.4 Å². The van der Waals surface area contributed by atoms with Gasteiger partial charge in [0, 0.05) is 0 Å². The molecule has 0 spiro atoms. The fourth-order valence-electron chi connectivity index (χ4n) is 1.44. The Morgan fingerprint density at radius 1 is 1.56 bits per heavy atom. The number of carbonyl (C=O) groups is 1. The highest BCUT2D eigenvalue weighted by Crippen LogP contribution is 2.19. The number of aromatic nitrogens is 4. The highest BCUT2D eigenvalue weighted by atomic mass is 35.5. The van der Waals surface area contributed by atoms with E-state index in [-0.39, 0.29) is 12.4 Å². The molecular weight excluding hydrogens is 260 g/mol. The molecule has 96 valence electrons. The van der Waals surface area contributed by atoms with E-state index in [0.29, 0.717) is 10.8 Å². The van der Waals surface area contributed by atoms with Gasteiger partial charge in [0.1, 0.15) is 6.54 Å². The molecule has 3 N–H and O–H groups in total. The van der Waals surface area contributed by atoms with Gasteiger partial charge in [-0.1, -0.05) is 16.8 Å². The van der Waals surface area contributed by atoms with Gasteiger partial charge in [-0.2, -0.15) is 10.1 Å². The van der Waals surface area contributed by atoms with E-state index in [2.05, 4.69) is 15.2 Å². The Bertz CT molecular complexity index is 590. The van der Waals surface area contributed by atoms with Crippen molar-refractivity contribution >= 4 is 17.5 Å². The molecule has 0 unspecified atom stereocenters. The van der Waals surface area contributed by atoms with Gasteiger partial charge in [-0.15, -0.1) is 0 Å². The van der Waals surface area contributed by atoms with Crippen LogP contribution >= 0.6 is 11.6 Å². The van der Waals surface area contributed by atoms with E-state index in [9.17, 15) is 4.79 Å². The summed E-state index contributed by atoms with van der Waals surface area (Å²) in [5, 5.41) is 8.47. The van der Waals surface area contributed by atoms with E-state index in [4.69, 9.17) is 22.0 Å². The number of nitrogens with one attached hydrogen (secondary N) is 1. The molecule has 8 nitrogen and oxygen atoms in total. The smallest absolute Gasteiger partial charge is 0.323 e. The molecule has 1 amide bonds.